The third-order valence-corrected chi connectivity index (χ3v) is 4.90. The number of likely N-dealkylation sites (N-methyl/N-ethyl adjacent to an activating group) is 1. The Bertz CT molecular complexity index is 464. The molecule has 0 spiro atoms. The third kappa shape index (κ3) is 2.11. The molecule has 0 aliphatic rings. The van der Waals surface area contributed by atoms with Gasteiger partial charge in [0.1, 0.15) is 0 Å². The maximum Gasteiger partial charge on any atom is 0.260 e. The SMILES string of the molecule is CN(C(C)(C)CN)S(=O)(=O)c1ccnn1C. The van der Waals surface area contributed by atoms with Gasteiger partial charge < -0.3 is 5.73 Å². The van der Waals surface area contributed by atoms with Gasteiger partial charge in [-0.05, 0) is 19.9 Å². The number of aryl methyl sites for hydroxylation is 1. The summed E-state index contributed by atoms with van der Waals surface area (Å²) in [6.45, 7) is 3.81. The zero-order valence-electron chi connectivity index (χ0n) is 10.0. The van der Waals surface area contributed by atoms with Crippen molar-refractivity contribution in [2.24, 2.45) is 12.8 Å². The number of rotatable bonds is 4. The average Bonchev–Trinajstić information content (AvgIpc) is 2.63. The van der Waals surface area contributed by atoms with Crippen LogP contribution in [0.25, 0.3) is 0 Å². The van der Waals surface area contributed by atoms with E-state index in [1.807, 2.05) is 0 Å². The maximum atomic E-state index is 12.2. The fourth-order valence-corrected chi connectivity index (χ4v) is 2.83. The molecule has 0 fully saturated rings. The zero-order chi connectivity index (χ0) is 12.6. The van der Waals surface area contributed by atoms with Crippen molar-refractivity contribution < 1.29 is 8.42 Å². The molecule has 2 N–H and O–H groups in total. The summed E-state index contributed by atoms with van der Waals surface area (Å²) < 4.78 is 27.1. The van der Waals surface area contributed by atoms with Gasteiger partial charge in [-0.15, -0.1) is 0 Å². The van der Waals surface area contributed by atoms with Gasteiger partial charge in [0, 0.05) is 26.2 Å². The van der Waals surface area contributed by atoms with Crippen LogP contribution in [0.5, 0.6) is 0 Å². The van der Waals surface area contributed by atoms with Crippen LogP contribution in [0, 0.1) is 0 Å². The molecule has 0 aliphatic carbocycles. The molecule has 0 radical (unpaired) electrons. The summed E-state index contributed by atoms with van der Waals surface area (Å²) >= 11 is 0. The summed E-state index contributed by atoms with van der Waals surface area (Å²) in [5, 5.41) is 4.02. The van der Waals surface area contributed by atoms with Gasteiger partial charge in [-0.1, -0.05) is 0 Å². The second kappa shape index (κ2) is 4.15. The first-order chi connectivity index (χ1) is 7.23. The molecule has 1 heterocycles. The van der Waals surface area contributed by atoms with E-state index in [9.17, 15) is 8.42 Å². The van der Waals surface area contributed by atoms with Crippen LogP contribution < -0.4 is 5.73 Å². The van der Waals surface area contributed by atoms with Gasteiger partial charge >= 0.3 is 0 Å². The van der Waals surface area contributed by atoms with Gasteiger partial charge in [0.2, 0.25) is 0 Å². The first-order valence-electron chi connectivity index (χ1n) is 4.90. The highest BCUT2D eigenvalue weighted by Crippen LogP contribution is 2.21. The van der Waals surface area contributed by atoms with Crippen LogP contribution in [0.4, 0.5) is 0 Å². The zero-order valence-corrected chi connectivity index (χ0v) is 10.8. The van der Waals surface area contributed by atoms with Gasteiger partial charge in [0.15, 0.2) is 5.03 Å². The maximum absolute atomic E-state index is 12.2. The standard InChI is InChI=1S/C9H18N4O2S/c1-9(2,7-10)13(4)16(14,15)8-5-6-11-12(8)3/h5-6H,7,10H2,1-4H3. The van der Waals surface area contributed by atoms with Crippen molar-refractivity contribution in [3.05, 3.63) is 12.3 Å². The van der Waals surface area contributed by atoms with E-state index in [0.29, 0.717) is 0 Å². The normalized spacial score (nSPS) is 13.4. The van der Waals surface area contributed by atoms with Crippen LogP contribution in [0.2, 0.25) is 0 Å². The largest absolute Gasteiger partial charge is 0.329 e. The Balaban J connectivity index is 3.19. The molecule has 0 saturated carbocycles. The number of nitrogens with two attached hydrogens (primary N) is 1. The van der Waals surface area contributed by atoms with E-state index < -0.39 is 15.6 Å². The lowest BCUT2D eigenvalue weighted by Gasteiger charge is -2.33. The van der Waals surface area contributed by atoms with Gasteiger partial charge in [-0.3, -0.25) is 4.68 Å². The van der Waals surface area contributed by atoms with E-state index in [0.717, 1.165) is 0 Å². The van der Waals surface area contributed by atoms with Gasteiger partial charge in [-0.25, -0.2) is 8.42 Å². The van der Waals surface area contributed by atoms with E-state index in [1.165, 1.54) is 28.3 Å². The van der Waals surface area contributed by atoms with Crippen molar-refractivity contribution in [3.63, 3.8) is 0 Å². The van der Waals surface area contributed by atoms with Crippen molar-refractivity contribution in [3.8, 4) is 0 Å². The predicted molar refractivity (Wildman–Crippen MR) is 61.3 cm³/mol. The second-order valence-electron chi connectivity index (χ2n) is 4.28. The highest BCUT2D eigenvalue weighted by molar-refractivity contribution is 7.89. The molecule has 0 aromatic carbocycles. The predicted octanol–water partition coefficient (Wildman–Crippen LogP) is -0.222. The molecular formula is C9H18N4O2S. The van der Waals surface area contributed by atoms with Crippen LogP contribution in [0.3, 0.4) is 0 Å². The Hall–Kier alpha value is -0.920. The first-order valence-corrected chi connectivity index (χ1v) is 6.34. The van der Waals surface area contributed by atoms with Crippen LogP contribution in [-0.2, 0) is 17.1 Å². The van der Waals surface area contributed by atoms with Crippen molar-refractivity contribution in [2.45, 2.75) is 24.4 Å². The van der Waals surface area contributed by atoms with Crippen molar-refractivity contribution in [2.75, 3.05) is 13.6 Å². The highest BCUT2D eigenvalue weighted by Gasteiger charge is 2.34. The monoisotopic (exact) mass is 246 g/mol. The molecular weight excluding hydrogens is 228 g/mol. The van der Waals surface area contributed by atoms with E-state index in [2.05, 4.69) is 5.10 Å². The van der Waals surface area contributed by atoms with Gasteiger partial charge in [0.05, 0.1) is 6.20 Å². The fourth-order valence-electron chi connectivity index (χ4n) is 1.21. The average molecular weight is 246 g/mol. The van der Waals surface area contributed by atoms with Crippen LogP contribution in [0.1, 0.15) is 13.8 Å². The molecule has 7 heteroatoms. The third-order valence-electron chi connectivity index (χ3n) is 2.75. The number of hydrogen-bond donors (Lipinski definition) is 1. The minimum Gasteiger partial charge on any atom is -0.329 e. The molecule has 0 saturated heterocycles. The Labute approximate surface area is 96.1 Å². The van der Waals surface area contributed by atoms with Gasteiger partial charge in [0.25, 0.3) is 10.0 Å². The molecule has 0 unspecified atom stereocenters. The topological polar surface area (TPSA) is 81.2 Å². The molecule has 6 nitrogen and oxygen atoms in total. The number of hydrogen-bond acceptors (Lipinski definition) is 4. The minimum atomic E-state index is -3.54. The summed E-state index contributed by atoms with van der Waals surface area (Å²) in [5.74, 6) is 0. The molecule has 1 rings (SSSR count). The second-order valence-corrected chi connectivity index (χ2v) is 6.20. The highest BCUT2D eigenvalue weighted by atomic mass is 32.2. The van der Waals surface area contributed by atoms with Crippen LogP contribution >= 0.6 is 0 Å². The number of nitrogens with zero attached hydrogens (tertiary/aromatic N) is 3. The van der Waals surface area contributed by atoms with Crippen molar-refractivity contribution in [1.82, 2.24) is 14.1 Å². The lowest BCUT2D eigenvalue weighted by Crippen LogP contribution is -2.50. The van der Waals surface area contributed by atoms with E-state index in [-0.39, 0.29) is 11.6 Å². The Morgan fingerprint density at radius 2 is 2.12 bits per heavy atom. The van der Waals surface area contributed by atoms with E-state index in [1.54, 1.807) is 20.9 Å². The summed E-state index contributed by atoms with van der Waals surface area (Å²) in [6, 6.07) is 1.47. The lowest BCUT2D eigenvalue weighted by molar-refractivity contribution is 0.272. The molecule has 1 aromatic heterocycles. The molecule has 0 aliphatic heterocycles. The molecule has 0 bridgehead atoms. The molecule has 16 heavy (non-hydrogen) atoms. The Morgan fingerprint density at radius 1 is 1.56 bits per heavy atom. The van der Waals surface area contributed by atoms with E-state index in [4.69, 9.17) is 5.73 Å². The summed E-state index contributed by atoms with van der Waals surface area (Å²) in [6.07, 6.45) is 1.45. The quantitative estimate of drug-likeness (QED) is 0.796. The first kappa shape index (κ1) is 13.1. The number of sulfonamides is 1. The van der Waals surface area contributed by atoms with Crippen LogP contribution in [0.15, 0.2) is 17.3 Å². The molecule has 0 amide bonds. The lowest BCUT2D eigenvalue weighted by atomic mass is 10.1. The van der Waals surface area contributed by atoms with E-state index >= 15 is 0 Å². The van der Waals surface area contributed by atoms with Crippen molar-refractivity contribution >= 4 is 10.0 Å². The number of aromatic nitrogens is 2. The summed E-state index contributed by atoms with van der Waals surface area (Å²) in [7, 11) is -0.426. The minimum absolute atomic E-state index is 0.163. The van der Waals surface area contributed by atoms with Crippen molar-refractivity contribution in [1.29, 1.82) is 0 Å². The summed E-state index contributed by atoms with van der Waals surface area (Å²) in [4.78, 5) is 0. The molecule has 92 valence electrons. The Kier molecular flexibility index (Phi) is 3.41. The summed E-state index contributed by atoms with van der Waals surface area (Å²) in [5.41, 5.74) is 4.94. The Morgan fingerprint density at radius 3 is 2.50 bits per heavy atom. The fraction of sp³-hybridized carbons (Fsp3) is 0.667. The molecule has 1 aromatic rings. The molecule has 0 atom stereocenters. The smallest absolute Gasteiger partial charge is 0.260 e. The van der Waals surface area contributed by atoms with Crippen LogP contribution in [-0.4, -0.2) is 41.6 Å². The van der Waals surface area contributed by atoms with Gasteiger partial charge in [-0.2, -0.15) is 9.40 Å².